The smallest absolute Gasteiger partial charge is 0.244 e. The molecule has 1 saturated heterocycles. The number of benzene rings is 1. The average molecular weight is 282 g/mol. The van der Waals surface area contributed by atoms with Crippen molar-refractivity contribution in [2.45, 2.75) is 18.4 Å². The van der Waals surface area contributed by atoms with E-state index in [4.69, 9.17) is 15.2 Å². The molecule has 110 valence electrons. The molecule has 20 heavy (non-hydrogen) atoms. The molecule has 1 aliphatic rings. The molecule has 0 atom stereocenters. The summed E-state index contributed by atoms with van der Waals surface area (Å²) >= 11 is 0. The number of carbonyl (C=O) groups excluding carboxylic acids is 1. The molecule has 0 spiro atoms. The summed E-state index contributed by atoms with van der Waals surface area (Å²) in [5.41, 5.74) is 5.79. The average Bonchev–Trinajstić information content (AvgIpc) is 2.46. The lowest BCUT2D eigenvalue weighted by molar-refractivity contribution is -0.124. The molecule has 1 amide bonds. The second kappa shape index (κ2) is 6.67. The van der Waals surface area contributed by atoms with Crippen molar-refractivity contribution in [2.24, 2.45) is 5.73 Å². The van der Waals surface area contributed by atoms with Gasteiger partial charge in [-0.15, -0.1) is 0 Å². The number of hydrogen-bond acceptors (Lipinski definition) is 4. The number of nitrogens with one attached hydrogen (secondary N) is 1. The number of amides is 1. The van der Waals surface area contributed by atoms with Gasteiger partial charge in [0.25, 0.3) is 0 Å². The second-order valence-electron chi connectivity index (χ2n) is 4.79. The van der Waals surface area contributed by atoms with Crippen LogP contribution < -0.4 is 15.8 Å². The number of hydrogen-bond donors (Lipinski definition) is 2. The zero-order valence-electron chi connectivity index (χ0n) is 11.2. The first-order valence-electron chi connectivity index (χ1n) is 6.61. The number of alkyl halides is 1. The van der Waals surface area contributed by atoms with E-state index < -0.39 is 12.2 Å². The highest BCUT2D eigenvalue weighted by Crippen LogP contribution is 2.22. The van der Waals surface area contributed by atoms with Crippen LogP contribution in [0.3, 0.4) is 0 Å². The molecule has 0 aliphatic carbocycles. The third kappa shape index (κ3) is 3.68. The standard InChI is InChI=1S/C14H19FN2O3/c15-6-9-20-12-3-1-2-11(10-12)17-13(18)14(16)4-7-19-8-5-14/h1-3,10H,4-9,16H2,(H,17,18). The largest absolute Gasteiger partial charge is 0.491 e. The maximum Gasteiger partial charge on any atom is 0.244 e. The summed E-state index contributed by atoms with van der Waals surface area (Å²) < 4.78 is 22.4. The zero-order chi connectivity index (χ0) is 14.4. The maximum atomic E-state index is 12.2. The normalized spacial score (nSPS) is 17.5. The van der Waals surface area contributed by atoms with Crippen LogP contribution in [-0.4, -0.2) is 37.9 Å². The molecule has 3 N–H and O–H groups in total. The van der Waals surface area contributed by atoms with E-state index in [1.54, 1.807) is 24.3 Å². The van der Waals surface area contributed by atoms with Gasteiger partial charge in [-0.25, -0.2) is 4.39 Å². The van der Waals surface area contributed by atoms with Crippen molar-refractivity contribution in [3.63, 3.8) is 0 Å². The Hall–Kier alpha value is -1.66. The lowest BCUT2D eigenvalue weighted by Crippen LogP contribution is -2.54. The van der Waals surface area contributed by atoms with Gasteiger partial charge in [-0.05, 0) is 25.0 Å². The van der Waals surface area contributed by atoms with E-state index in [1.807, 2.05) is 0 Å². The molecule has 1 fully saturated rings. The highest BCUT2D eigenvalue weighted by atomic mass is 19.1. The molecule has 0 aromatic heterocycles. The summed E-state index contributed by atoms with van der Waals surface area (Å²) in [5, 5.41) is 2.78. The van der Waals surface area contributed by atoms with Gasteiger partial charge in [0.2, 0.25) is 5.91 Å². The minimum Gasteiger partial charge on any atom is -0.491 e. The molecule has 0 unspecified atom stereocenters. The zero-order valence-corrected chi connectivity index (χ0v) is 11.2. The summed E-state index contributed by atoms with van der Waals surface area (Å²) in [6.07, 6.45) is 0.994. The molecular weight excluding hydrogens is 263 g/mol. The lowest BCUT2D eigenvalue weighted by Gasteiger charge is -2.31. The first kappa shape index (κ1) is 14.7. The third-order valence-electron chi connectivity index (χ3n) is 3.28. The van der Waals surface area contributed by atoms with Crippen molar-refractivity contribution >= 4 is 11.6 Å². The molecule has 1 aromatic carbocycles. The van der Waals surface area contributed by atoms with Gasteiger partial charge in [-0.2, -0.15) is 0 Å². The minimum atomic E-state index is -0.895. The van der Waals surface area contributed by atoms with E-state index in [1.165, 1.54) is 0 Å². The Morgan fingerprint density at radius 2 is 2.20 bits per heavy atom. The molecule has 0 radical (unpaired) electrons. The van der Waals surface area contributed by atoms with Crippen LogP contribution in [0.4, 0.5) is 10.1 Å². The van der Waals surface area contributed by atoms with Gasteiger partial charge in [-0.1, -0.05) is 6.07 Å². The molecule has 1 aromatic rings. The Labute approximate surface area is 117 Å². The van der Waals surface area contributed by atoms with Crippen molar-refractivity contribution in [2.75, 3.05) is 31.8 Å². The number of anilines is 1. The van der Waals surface area contributed by atoms with Crippen LogP contribution in [0.5, 0.6) is 5.75 Å². The minimum absolute atomic E-state index is 0.00440. The quantitative estimate of drug-likeness (QED) is 0.858. The Balaban J connectivity index is 2.00. The van der Waals surface area contributed by atoms with Crippen LogP contribution in [0, 0.1) is 0 Å². The Kier molecular flexibility index (Phi) is 4.92. The number of ether oxygens (including phenoxy) is 2. The third-order valence-corrected chi connectivity index (χ3v) is 3.28. The molecule has 1 aliphatic heterocycles. The first-order chi connectivity index (χ1) is 9.64. The molecule has 1 heterocycles. The van der Waals surface area contributed by atoms with Crippen molar-refractivity contribution in [1.82, 2.24) is 0 Å². The fraction of sp³-hybridized carbons (Fsp3) is 0.500. The van der Waals surface area contributed by atoms with Crippen molar-refractivity contribution in [3.05, 3.63) is 24.3 Å². The van der Waals surface area contributed by atoms with Gasteiger partial charge >= 0.3 is 0 Å². The number of halogens is 1. The van der Waals surface area contributed by atoms with E-state index in [0.29, 0.717) is 37.5 Å². The van der Waals surface area contributed by atoms with E-state index in [0.717, 1.165) is 0 Å². The van der Waals surface area contributed by atoms with Crippen LogP contribution in [-0.2, 0) is 9.53 Å². The van der Waals surface area contributed by atoms with Crippen LogP contribution >= 0.6 is 0 Å². The van der Waals surface area contributed by atoms with Gasteiger partial charge in [0, 0.05) is 25.0 Å². The highest BCUT2D eigenvalue weighted by Gasteiger charge is 2.35. The van der Waals surface area contributed by atoms with Crippen LogP contribution in [0.25, 0.3) is 0 Å². The van der Waals surface area contributed by atoms with E-state index >= 15 is 0 Å². The second-order valence-corrected chi connectivity index (χ2v) is 4.79. The summed E-state index contributed by atoms with van der Waals surface area (Å²) in [6, 6.07) is 6.83. The van der Waals surface area contributed by atoms with E-state index in [9.17, 15) is 9.18 Å². The van der Waals surface area contributed by atoms with Crippen molar-refractivity contribution in [3.8, 4) is 5.75 Å². The predicted molar refractivity (Wildman–Crippen MR) is 73.5 cm³/mol. The monoisotopic (exact) mass is 282 g/mol. The molecule has 2 rings (SSSR count). The van der Waals surface area contributed by atoms with Crippen molar-refractivity contribution < 1.29 is 18.7 Å². The topological polar surface area (TPSA) is 73.6 Å². The SMILES string of the molecule is NC1(C(=O)Nc2cccc(OCCF)c2)CCOCC1. The van der Waals surface area contributed by atoms with E-state index in [-0.39, 0.29) is 12.5 Å². The Morgan fingerprint density at radius 1 is 1.45 bits per heavy atom. The highest BCUT2D eigenvalue weighted by molar-refractivity contribution is 5.98. The molecule has 0 bridgehead atoms. The van der Waals surface area contributed by atoms with Crippen LogP contribution in [0.2, 0.25) is 0 Å². The van der Waals surface area contributed by atoms with Gasteiger partial charge in [0.05, 0.1) is 0 Å². The predicted octanol–water partition coefficient (Wildman–Crippen LogP) is 1.48. The van der Waals surface area contributed by atoms with Gasteiger partial charge < -0.3 is 20.5 Å². The first-order valence-corrected chi connectivity index (χ1v) is 6.61. The number of nitrogens with two attached hydrogens (primary N) is 1. The van der Waals surface area contributed by atoms with E-state index in [2.05, 4.69) is 5.32 Å². The molecule has 5 nitrogen and oxygen atoms in total. The van der Waals surface area contributed by atoms with Gasteiger partial charge in [-0.3, -0.25) is 4.79 Å². The fourth-order valence-corrected chi connectivity index (χ4v) is 2.04. The van der Waals surface area contributed by atoms with Gasteiger partial charge in [0.1, 0.15) is 24.6 Å². The molecule has 6 heteroatoms. The number of rotatable bonds is 5. The molecule has 0 saturated carbocycles. The van der Waals surface area contributed by atoms with Crippen molar-refractivity contribution in [1.29, 1.82) is 0 Å². The van der Waals surface area contributed by atoms with Gasteiger partial charge in [0.15, 0.2) is 0 Å². The summed E-state index contributed by atoms with van der Waals surface area (Å²) in [6.45, 7) is 0.422. The lowest BCUT2D eigenvalue weighted by atomic mass is 9.90. The number of carbonyl (C=O) groups is 1. The summed E-state index contributed by atoms with van der Waals surface area (Å²) in [5.74, 6) is 0.280. The van der Waals surface area contributed by atoms with Crippen LogP contribution in [0.1, 0.15) is 12.8 Å². The maximum absolute atomic E-state index is 12.2. The Morgan fingerprint density at radius 3 is 2.90 bits per heavy atom. The Bertz CT molecular complexity index is 461. The van der Waals surface area contributed by atoms with Crippen LogP contribution in [0.15, 0.2) is 24.3 Å². The summed E-state index contributed by atoms with van der Waals surface area (Å²) in [4.78, 5) is 12.2. The molecular formula is C14H19FN2O3. The fourth-order valence-electron chi connectivity index (χ4n) is 2.04. The summed E-state index contributed by atoms with van der Waals surface area (Å²) in [7, 11) is 0.